The summed E-state index contributed by atoms with van der Waals surface area (Å²) >= 11 is 0. The number of hydrogen-bond donors (Lipinski definition) is 1. The Kier molecular flexibility index (Phi) is 4.39. The lowest BCUT2D eigenvalue weighted by Gasteiger charge is -2.23. The van der Waals surface area contributed by atoms with Crippen LogP contribution in [0.1, 0.15) is 48.9 Å². The number of carbonyl (C=O) groups excluding carboxylic acids is 2. The van der Waals surface area contributed by atoms with Crippen molar-refractivity contribution in [1.82, 2.24) is 5.32 Å². The van der Waals surface area contributed by atoms with Crippen molar-refractivity contribution in [3.05, 3.63) is 29.8 Å². The molecule has 1 saturated carbocycles. The van der Waals surface area contributed by atoms with E-state index in [-0.39, 0.29) is 29.8 Å². The van der Waals surface area contributed by atoms with Crippen LogP contribution < -0.4 is 9.62 Å². The molecule has 7 heteroatoms. The van der Waals surface area contributed by atoms with Crippen molar-refractivity contribution in [3.8, 4) is 0 Å². The summed E-state index contributed by atoms with van der Waals surface area (Å²) in [7, 11) is -3.61. The lowest BCUT2D eigenvalue weighted by molar-refractivity contribution is -0.116. The summed E-state index contributed by atoms with van der Waals surface area (Å²) in [5.41, 5.74) is 0.617. The van der Waals surface area contributed by atoms with E-state index in [0.29, 0.717) is 5.56 Å². The standard InChI is InChI=1S/C16H20N2O4S/c19-15-9-10-23(21,22)18(15)14-8-4-5-12(11-14)16(20)17-13-6-2-1-3-7-13/h4-5,8,11,13H,1-3,6-7,9-10H2,(H,17,20). The molecule has 0 radical (unpaired) electrons. The van der Waals surface area contributed by atoms with Crippen LogP contribution in [0.4, 0.5) is 5.69 Å². The fourth-order valence-corrected chi connectivity index (χ4v) is 4.61. The van der Waals surface area contributed by atoms with Crippen LogP contribution in [0.3, 0.4) is 0 Å². The highest BCUT2D eigenvalue weighted by Crippen LogP contribution is 2.26. The maximum absolute atomic E-state index is 12.4. The minimum Gasteiger partial charge on any atom is -0.349 e. The van der Waals surface area contributed by atoms with Crippen LogP contribution in [0.15, 0.2) is 24.3 Å². The van der Waals surface area contributed by atoms with Crippen molar-refractivity contribution in [1.29, 1.82) is 0 Å². The van der Waals surface area contributed by atoms with Gasteiger partial charge in [-0.05, 0) is 31.0 Å². The van der Waals surface area contributed by atoms with E-state index in [1.54, 1.807) is 12.1 Å². The van der Waals surface area contributed by atoms with Gasteiger partial charge < -0.3 is 5.32 Å². The van der Waals surface area contributed by atoms with Gasteiger partial charge in [-0.25, -0.2) is 12.7 Å². The van der Waals surface area contributed by atoms with E-state index >= 15 is 0 Å². The number of amides is 2. The molecule has 1 heterocycles. The van der Waals surface area contributed by atoms with E-state index in [9.17, 15) is 18.0 Å². The number of nitrogens with zero attached hydrogens (tertiary/aromatic N) is 1. The Morgan fingerprint density at radius 2 is 1.91 bits per heavy atom. The summed E-state index contributed by atoms with van der Waals surface area (Å²) in [6, 6.07) is 6.43. The minimum atomic E-state index is -3.61. The fraction of sp³-hybridized carbons (Fsp3) is 0.500. The van der Waals surface area contributed by atoms with E-state index in [4.69, 9.17) is 0 Å². The summed E-state index contributed by atoms with van der Waals surface area (Å²) in [6.45, 7) is 0. The van der Waals surface area contributed by atoms with Gasteiger partial charge in [0.15, 0.2) is 0 Å². The van der Waals surface area contributed by atoms with E-state index in [1.165, 1.54) is 18.6 Å². The molecule has 2 aliphatic rings. The minimum absolute atomic E-state index is 0.0131. The lowest BCUT2D eigenvalue weighted by Crippen LogP contribution is -2.36. The molecule has 1 N–H and O–H groups in total. The normalized spacial score (nSPS) is 21.4. The maximum Gasteiger partial charge on any atom is 0.251 e. The quantitative estimate of drug-likeness (QED) is 0.912. The molecule has 2 amide bonds. The number of anilines is 1. The van der Waals surface area contributed by atoms with Crippen LogP contribution >= 0.6 is 0 Å². The zero-order valence-corrected chi connectivity index (χ0v) is 13.6. The number of hydrogen-bond acceptors (Lipinski definition) is 4. The molecule has 2 fully saturated rings. The molecule has 23 heavy (non-hydrogen) atoms. The van der Waals surface area contributed by atoms with Crippen LogP contribution in [-0.4, -0.2) is 32.0 Å². The molecule has 1 saturated heterocycles. The lowest BCUT2D eigenvalue weighted by atomic mass is 9.95. The van der Waals surface area contributed by atoms with Gasteiger partial charge in [-0.15, -0.1) is 0 Å². The average molecular weight is 336 g/mol. The van der Waals surface area contributed by atoms with Crippen LogP contribution in [0, 0.1) is 0 Å². The molecule has 0 unspecified atom stereocenters. The molecule has 124 valence electrons. The first-order valence-corrected chi connectivity index (χ1v) is 9.55. The van der Waals surface area contributed by atoms with Gasteiger partial charge in [-0.3, -0.25) is 9.59 Å². The van der Waals surface area contributed by atoms with Crippen molar-refractivity contribution >= 4 is 27.5 Å². The number of rotatable bonds is 3. The van der Waals surface area contributed by atoms with Gasteiger partial charge in [0.05, 0.1) is 11.4 Å². The highest BCUT2D eigenvalue weighted by Gasteiger charge is 2.36. The molecule has 1 aromatic rings. The van der Waals surface area contributed by atoms with Gasteiger partial charge in [-0.2, -0.15) is 0 Å². The predicted molar refractivity (Wildman–Crippen MR) is 86.7 cm³/mol. The molecular weight excluding hydrogens is 316 g/mol. The van der Waals surface area contributed by atoms with Crippen LogP contribution in [0.5, 0.6) is 0 Å². The fourth-order valence-electron chi connectivity index (χ4n) is 3.16. The molecule has 1 aromatic carbocycles. The van der Waals surface area contributed by atoms with E-state index in [0.717, 1.165) is 30.0 Å². The Bertz CT molecular complexity index is 723. The van der Waals surface area contributed by atoms with Crippen LogP contribution in [0.25, 0.3) is 0 Å². The Hall–Kier alpha value is -1.89. The van der Waals surface area contributed by atoms with Crippen molar-refractivity contribution in [2.45, 2.75) is 44.6 Å². The Labute approximate surface area is 135 Å². The molecule has 0 atom stereocenters. The molecule has 0 spiro atoms. The van der Waals surface area contributed by atoms with E-state index < -0.39 is 15.9 Å². The zero-order chi connectivity index (χ0) is 16.4. The first kappa shape index (κ1) is 16.0. The summed E-state index contributed by atoms with van der Waals surface area (Å²) in [6.07, 6.45) is 5.38. The second-order valence-electron chi connectivity index (χ2n) is 6.08. The Balaban J connectivity index is 1.79. The molecule has 1 aliphatic heterocycles. The van der Waals surface area contributed by atoms with E-state index in [2.05, 4.69) is 5.32 Å². The van der Waals surface area contributed by atoms with Crippen LogP contribution in [0.2, 0.25) is 0 Å². The molecule has 1 aliphatic carbocycles. The summed E-state index contributed by atoms with van der Waals surface area (Å²) in [5.74, 6) is -0.845. The molecule has 0 aromatic heterocycles. The van der Waals surface area contributed by atoms with E-state index in [1.807, 2.05) is 0 Å². The van der Waals surface area contributed by atoms with Gasteiger partial charge in [0.2, 0.25) is 15.9 Å². The van der Waals surface area contributed by atoms with Gasteiger partial charge >= 0.3 is 0 Å². The zero-order valence-electron chi connectivity index (χ0n) is 12.8. The summed E-state index contributed by atoms with van der Waals surface area (Å²) in [4.78, 5) is 24.2. The van der Waals surface area contributed by atoms with Gasteiger partial charge in [0, 0.05) is 18.0 Å². The third-order valence-corrected chi connectivity index (χ3v) is 6.05. The number of benzene rings is 1. The Morgan fingerprint density at radius 3 is 2.57 bits per heavy atom. The third-order valence-electron chi connectivity index (χ3n) is 4.36. The van der Waals surface area contributed by atoms with Gasteiger partial charge in [-0.1, -0.05) is 25.3 Å². The topological polar surface area (TPSA) is 83.6 Å². The predicted octanol–water partition coefficient (Wildman–Crippen LogP) is 1.82. The largest absolute Gasteiger partial charge is 0.349 e. The monoisotopic (exact) mass is 336 g/mol. The molecule has 6 nitrogen and oxygen atoms in total. The molecule has 3 rings (SSSR count). The highest BCUT2D eigenvalue weighted by atomic mass is 32.2. The van der Waals surface area contributed by atoms with Gasteiger partial charge in [0.25, 0.3) is 5.91 Å². The Morgan fingerprint density at radius 1 is 1.17 bits per heavy atom. The highest BCUT2D eigenvalue weighted by molar-refractivity contribution is 7.94. The second-order valence-corrected chi connectivity index (χ2v) is 8.02. The first-order chi connectivity index (χ1) is 11.0. The van der Waals surface area contributed by atoms with Crippen LogP contribution in [-0.2, 0) is 14.8 Å². The van der Waals surface area contributed by atoms with Crippen molar-refractivity contribution in [2.24, 2.45) is 0 Å². The number of sulfonamides is 1. The SMILES string of the molecule is O=C(NC1CCCCC1)c1cccc(N2C(=O)CCS2(=O)=O)c1. The maximum atomic E-state index is 12.4. The first-order valence-electron chi connectivity index (χ1n) is 7.94. The summed E-state index contributed by atoms with van der Waals surface area (Å²) in [5, 5.41) is 2.99. The van der Waals surface area contributed by atoms with Crippen molar-refractivity contribution in [2.75, 3.05) is 10.1 Å². The van der Waals surface area contributed by atoms with Crippen molar-refractivity contribution in [3.63, 3.8) is 0 Å². The van der Waals surface area contributed by atoms with Crippen molar-refractivity contribution < 1.29 is 18.0 Å². The smallest absolute Gasteiger partial charge is 0.251 e. The number of nitrogens with one attached hydrogen (secondary N) is 1. The average Bonchev–Trinajstić information content (AvgIpc) is 2.81. The summed E-state index contributed by atoms with van der Waals surface area (Å²) < 4.78 is 24.8. The van der Waals surface area contributed by atoms with Gasteiger partial charge in [0.1, 0.15) is 0 Å². The molecular formula is C16H20N2O4S. The number of carbonyl (C=O) groups is 2. The second kappa shape index (κ2) is 6.31. The molecule has 0 bridgehead atoms. The third kappa shape index (κ3) is 3.39.